The fraction of sp³-hybridized carbons (Fsp3) is 0.438. The fourth-order valence-corrected chi connectivity index (χ4v) is 2.29. The Morgan fingerprint density at radius 3 is 2.65 bits per heavy atom. The maximum Gasteiger partial charge on any atom is 0.221 e. The molecule has 1 heterocycles. The number of rotatable bonds is 8. The van der Waals surface area contributed by atoms with Crippen LogP contribution in [-0.4, -0.2) is 53.3 Å². The molecular weight excluding hydrogens is 294 g/mol. The van der Waals surface area contributed by atoms with Gasteiger partial charge in [0.2, 0.25) is 5.91 Å². The van der Waals surface area contributed by atoms with Crippen molar-refractivity contribution in [3.8, 4) is 5.75 Å². The molecule has 7 nitrogen and oxygen atoms in total. The van der Waals surface area contributed by atoms with Crippen LogP contribution < -0.4 is 10.1 Å². The van der Waals surface area contributed by atoms with Crippen molar-refractivity contribution in [2.75, 3.05) is 27.7 Å². The number of carbonyl (C=O) groups is 1. The first kappa shape index (κ1) is 17.0. The van der Waals surface area contributed by atoms with Gasteiger partial charge in [-0.25, -0.2) is 4.98 Å². The van der Waals surface area contributed by atoms with Gasteiger partial charge in [-0.1, -0.05) is 12.1 Å². The van der Waals surface area contributed by atoms with Gasteiger partial charge in [0.15, 0.2) is 0 Å². The van der Waals surface area contributed by atoms with Gasteiger partial charge >= 0.3 is 0 Å². The van der Waals surface area contributed by atoms with Crippen LogP contribution in [0.1, 0.15) is 18.0 Å². The normalized spacial score (nSPS) is 12.2. The van der Waals surface area contributed by atoms with Crippen molar-refractivity contribution >= 4 is 5.91 Å². The van der Waals surface area contributed by atoms with E-state index >= 15 is 0 Å². The number of amides is 1. The van der Waals surface area contributed by atoms with Gasteiger partial charge in [-0.15, -0.1) is 0 Å². The van der Waals surface area contributed by atoms with Gasteiger partial charge in [-0.2, -0.15) is 5.10 Å². The Bertz CT molecular complexity index is 595. The molecule has 1 N–H and O–H groups in total. The first-order valence-electron chi connectivity index (χ1n) is 7.49. The van der Waals surface area contributed by atoms with Crippen molar-refractivity contribution in [3.63, 3.8) is 0 Å². The van der Waals surface area contributed by atoms with Crippen LogP contribution in [0.2, 0.25) is 0 Å². The molecule has 1 amide bonds. The molecule has 0 aliphatic carbocycles. The molecule has 0 saturated carbocycles. The largest absolute Gasteiger partial charge is 0.497 e. The van der Waals surface area contributed by atoms with E-state index in [2.05, 4.69) is 20.3 Å². The molecule has 0 fully saturated rings. The topological polar surface area (TPSA) is 72.3 Å². The third-order valence-corrected chi connectivity index (χ3v) is 3.65. The van der Waals surface area contributed by atoms with Gasteiger partial charge in [0, 0.05) is 13.0 Å². The number of hydrogen-bond acceptors (Lipinski definition) is 5. The van der Waals surface area contributed by atoms with E-state index in [1.165, 1.54) is 6.33 Å². The molecule has 1 aromatic heterocycles. The molecule has 0 saturated heterocycles. The molecule has 0 spiro atoms. The standard InChI is InChI=1S/C16H23N5O2/c1-20(2)15(13-4-6-14(23-3)7-5-13)10-18-16(22)8-9-21-12-17-11-19-21/h4-7,11-12,15H,8-10H2,1-3H3,(H,18,22). The lowest BCUT2D eigenvalue weighted by atomic mass is 10.1. The van der Waals surface area contributed by atoms with Gasteiger partial charge in [-0.05, 0) is 31.8 Å². The number of nitrogens with one attached hydrogen (secondary N) is 1. The summed E-state index contributed by atoms with van der Waals surface area (Å²) in [6.45, 7) is 1.08. The van der Waals surface area contributed by atoms with Crippen LogP contribution in [0.3, 0.4) is 0 Å². The summed E-state index contributed by atoms with van der Waals surface area (Å²) in [5, 5.41) is 6.96. The SMILES string of the molecule is COc1ccc(C(CNC(=O)CCn2cncn2)N(C)C)cc1. The summed E-state index contributed by atoms with van der Waals surface area (Å²) in [5.41, 5.74) is 1.13. The van der Waals surface area contributed by atoms with Crippen LogP contribution in [-0.2, 0) is 11.3 Å². The summed E-state index contributed by atoms with van der Waals surface area (Å²) in [4.78, 5) is 17.9. The van der Waals surface area contributed by atoms with Crippen molar-refractivity contribution in [1.82, 2.24) is 25.0 Å². The molecule has 1 atom stereocenters. The Morgan fingerprint density at radius 2 is 2.09 bits per heavy atom. The van der Waals surface area contributed by atoms with E-state index in [1.807, 2.05) is 38.4 Å². The number of benzene rings is 1. The molecule has 7 heteroatoms. The lowest BCUT2D eigenvalue weighted by Crippen LogP contribution is -2.34. The van der Waals surface area contributed by atoms with Crippen LogP contribution in [0.15, 0.2) is 36.9 Å². The van der Waals surface area contributed by atoms with E-state index in [0.29, 0.717) is 19.5 Å². The maximum atomic E-state index is 12.0. The van der Waals surface area contributed by atoms with Crippen molar-refractivity contribution < 1.29 is 9.53 Å². The number of methoxy groups -OCH3 is 1. The third kappa shape index (κ3) is 5.07. The average Bonchev–Trinajstić information content (AvgIpc) is 3.07. The fourth-order valence-electron chi connectivity index (χ4n) is 2.29. The van der Waals surface area contributed by atoms with Gasteiger partial charge in [-0.3, -0.25) is 9.48 Å². The zero-order chi connectivity index (χ0) is 16.7. The van der Waals surface area contributed by atoms with Crippen LogP contribution >= 0.6 is 0 Å². The van der Waals surface area contributed by atoms with Crippen LogP contribution in [0, 0.1) is 0 Å². The summed E-state index contributed by atoms with van der Waals surface area (Å²) < 4.78 is 6.82. The smallest absolute Gasteiger partial charge is 0.221 e. The van der Waals surface area contributed by atoms with Crippen LogP contribution in [0.4, 0.5) is 0 Å². The molecule has 0 radical (unpaired) electrons. The van der Waals surface area contributed by atoms with Gasteiger partial charge < -0.3 is 15.0 Å². The van der Waals surface area contributed by atoms with Crippen molar-refractivity contribution in [3.05, 3.63) is 42.5 Å². The highest BCUT2D eigenvalue weighted by molar-refractivity contribution is 5.75. The molecular formula is C16H23N5O2. The Kier molecular flexibility index (Phi) is 6.10. The Balaban J connectivity index is 1.87. The highest BCUT2D eigenvalue weighted by Crippen LogP contribution is 2.20. The van der Waals surface area contributed by atoms with E-state index in [1.54, 1.807) is 18.1 Å². The Labute approximate surface area is 136 Å². The molecule has 1 unspecified atom stereocenters. The zero-order valence-electron chi connectivity index (χ0n) is 13.8. The van der Waals surface area contributed by atoms with Gasteiger partial charge in [0.1, 0.15) is 18.4 Å². The van der Waals surface area contributed by atoms with E-state index in [4.69, 9.17) is 4.74 Å². The summed E-state index contributed by atoms with van der Waals surface area (Å²) in [5.74, 6) is 0.823. The quantitative estimate of drug-likeness (QED) is 0.789. The number of aryl methyl sites for hydroxylation is 1. The number of likely N-dealkylation sites (N-methyl/N-ethyl adjacent to an activating group) is 1. The van der Waals surface area contributed by atoms with Crippen LogP contribution in [0.5, 0.6) is 5.75 Å². The summed E-state index contributed by atoms with van der Waals surface area (Å²) in [7, 11) is 5.64. The zero-order valence-corrected chi connectivity index (χ0v) is 13.8. The van der Waals surface area contributed by atoms with E-state index in [9.17, 15) is 4.79 Å². The minimum Gasteiger partial charge on any atom is -0.497 e. The second-order valence-electron chi connectivity index (χ2n) is 5.47. The van der Waals surface area contributed by atoms with Crippen molar-refractivity contribution in [1.29, 1.82) is 0 Å². The predicted octanol–water partition coefficient (Wildman–Crippen LogP) is 1.10. The van der Waals surface area contributed by atoms with Gasteiger partial charge in [0.25, 0.3) is 0 Å². The molecule has 0 aliphatic rings. The average molecular weight is 317 g/mol. The van der Waals surface area contributed by atoms with E-state index in [0.717, 1.165) is 11.3 Å². The molecule has 124 valence electrons. The number of hydrogen-bond donors (Lipinski definition) is 1. The maximum absolute atomic E-state index is 12.0. The first-order valence-corrected chi connectivity index (χ1v) is 7.49. The molecule has 2 aromatic rings. The van der Waals surface area contributed by atoms with Gasteiger partial charge in [0.05, 0.1) is 19.7 Å². The number of nitrogens with zero attached hydrogens (tertiary/aromatic N) is 4. The molecule has 1 aromatic carbocycles. The number of carbonyl (C=O) groups excluding carboxylic acids is 1. The molecule has 0 aliphatic heterocycles. The lowest BCUT2D eigenvalue weighted by Gasteiger charge is -2.25. The second-order valence-corrected chi connectivity index (χ2v) is 5.47. The molecule has 23 heavy (non-hydrogen) atoms. The Morgan fingerprint density at radius 1 is 1.35 bits per heavy atom. The Hall–Kier alpha value is -2.41. The summed E-state index contributed by atoms with van der Waals surface area (Å²) in [6, 6.07) is 8.00. The lowest BCUT2D eigenvalue weighted by molar-refractivity contribution is -0.121. The van der Waals surface area contributed by atoms with E-state index < -0.39 is 0 Å². The van der Waals surface area contributed by atoms with Crippen molar-refractivity contribution in [2.45, 2.75) is 19.0 Å². The third-order valence-electron chi connectivity index (χ3n) is 3.65. The van der Waals surface area contributed by atoms with Crippen molar-refractivity contribution in [2.24, 2.45) is 0 Å². The number of aromatic nitrogens is 3. The van der Waals surface area contributed by atoms with Crippen LogP contribution in [0.25, 0.3) is 0 Å². The summed E-state index contributed by atoms with van der Waals surface area (Å²) >= 11 is 0. The predicted molar refractivity (Wildman–Crippen MR) is 87.1 cm³/mol. The first-order chi connectivity index (χ1) is 11.1. The van der Waals surface area contributed by atoms with E-state index in [-0.39, 0.29) is 11.9 Å². The molecule has 0 bridgehead atoms. The monoisotopic (exact) mass is 317 g/mol. The minimum atomic E-state index is 0.000798. The number of ether oxygens (including phenoxy) is 1. The summed E-state index contributed by atoms with van der Waals surface area (Å²) in [6.07, 6.45) is 3.45. The second kappa shape index (κ2) is 8.28. The molecule has 2 rings (SSSR count). The highest BCUT2D eigenvalue weighted by Gasteiger charge is 2.15. The minimum absolute atomic E-state index is 0.000798. The highest BCUT2D eigenvalue weighted by atomic mass is 16.5.